The Morgan fingerprint density at radius 2 is 0.702 bits per heavy atom. The van der Waals surface area contributed by atoms with Gasteiger partial charge in [-0.2, -0.15) is 0 Å². The van der Waals surface area contributed by atoms with Gasteiger partial charge in [0.05, 0.1) is 0 Å². The standard InChI is InChI=1S/C51H82O6/c1-4-7-10-13-16-19-22-24-25-26-27-30-32-35-38-41-44-50(53)56-47-48(46-55-49(52)43-40-37-34-31-28-21-18-15-12-9-6-3)57-51(54)45-42-39-36-33-29-23-20-17-14-11-8-5-2/h7,9-10,12,16-21,24-25,27,30-31,34,48H,4-6,8,11,13-15,22-23,26,28-29,32-33,35-47H2,1-3H3/b10-7-,12-9-,19-16-,20-17-,21-18-,25-24-,30-27-,34-31-. The summed E-state index contributed by atoms with van der Waals surface area (Å²) in [5, 5.41) is 0. The van der Waals surface area contributed by atoms with Gasteiger partial charge in [0.15, 0.2) is 6.10 Å². The Labute approximate surface area is 349 Å². The second kappa shape index (κ2) is 45.0. The summed E-state index contributed by atoms with van der Waals surface area (Å²) >= 11 is 0. The Bertz CT molecular complexity index is 1180. The van der Waals surface area contributed by atoms with Crippen molar-refractivity contribution >= 4 is 17.9 Å². The smallest absolute Gasteiger partial charge is 0.306 e. The lowest BCUT2D eigenvalue weighted by atomic mass is 10.1. The van der Waals surface area contributed by atoms with Crippen molar-refractivity contribution in [3.63, 3.8) is 0 Å². The van der Waals surface area contributed by atoms with Crippen LogP contribution in [0, 0.1) is 0 Å². The van der Waals surface area contributed by atoms with Gasteiger partial charge in [-0.25, -0.2) is 0 Å². The Hall–Kier alpha value is -3.67. The highest BCUT2D eigenvalue weighted by molar-refractivity contribution is 5.71. The fraction of sp³-hybridized carbons (Fsp3) is 0.627. The molecule has 0 rings (SSSR count). The van der Waals surface area contributed by atoms with E-state index >= 15 is 0 Å². The monoisotopic (exact) mass is 791 g/mol. The van der Waals surface area contributed by atoms with Crippen LogP contribution < -0.4 is 0 Å². The van der Waals surface area contributed by atoms with E-state index in [4.69, 9.17) is 14.2 Å². The molecule has 0 saturated heterocycles. The number of ether oxygens (including phenoxy) is 3. The highest BCUT2D eigenvalue weighted by Crippen LogP contribution is 2.12. The van der Waals surface area contributed by atoms with E-state index in [2.05, 4.69) is 118 Å². The molecule has 0 bridgehead atoms. The summed E-state index contributed by atoms with van der Waals surface area (Å²) in [6, 6.07) is 0. The molecule has 1 atom stereocenters. The summed E-state index contributed by atoms with van der Waals surface area (Å²) < 4.78 is 16.6. The molecule has 0 heterocycles. The SMILES string of the molecule is CC/C=C\C/C=C\C/C=C\C/C=C\CCCCCC(=O)OCC(COC(=O)CCC/C=C\C/C=C\C/C=C\CC)OC(=O)CCCCCCC/C=C\CCCCC. The van der Waals surface area contributed by atoms with E-state index in [1.807, 2.05) is 0 Å². The summed E-state index contributed by atoms with van der Waals surface area (Å²) in [4.78, 5) is 37.7. The molecule has 0 N–H and O–H groups in total. The molecule has 0 aromatic heterocycles. The quantitative estimate of drug-likeness (QED) is 0.0267. The third-order valence-electron chi connectivity index (χ3n) is 9.05. The molecule has 0 saturated carbocycles. The Kier molecular flexibility index (Phi) is 42.1. The number of hydrogen-bond donors (Lipinski definition) is 0. The van der Waals surface area contributed by atoms with Crippen molar-refractivity contribution in [1.29, 1.82) is 0 Å². The molecule has 6 heteroatoms. The molecule has 0 radical (unpaired) electrons. The van der Waals surface area contributed by atoms with Crippen molar-refractivity contribution in [2.24, 2.45) is 0 Å². The van der Waals surface area contributed by atoms with Crippen LogP contribution in [0.4, 0.5) is 0 Å². The first-order valence-corrected chi connectivity index (χ1v) is 22.7. The predicted molar refractivity (Wildman–Crippen MR) is 242 cm³/mol. The number of unbranched alkanes of at least 4 members (excludes halogenated alkanes) is 12. The lowest BCUT2D eigenvalue weighted by molar-refractivity contribution is -0.167. The maximum atomic E-state index is 12.7. The summed E-state index contributed by atoms with van der Waals surface area (Å²) in [5.74, 6) is -1.02. The third-order valence-corrected chi connectivity index (χ3v) is 9.05. The van der Waals surface area contributed by atoms with Crippen LogP contribution in [0.3, 0.4) is 0 Å². The summed E-state index contributed by atoms with van der Waals surface area (Å²) in [6.07, 6.45) is 58.3. The van der Waals surface area contributed by atoms with Crippen LogP contribution >= 0.6 is 0 Å². The van der Waals surface area contributed by atoms with Crippen LogP contribution in [0.1, 0.15) is 188 Å². The van der Waals surface area contributed by atoms with Crippen LogP contribution in [-0.4, -0.2) is 37.2 Å². The maximum Gasteiger partial charge on any atom is 0.306 e. The van der Waals surface area contributed by atoms with Gasteiger partial charge in [-0.1, -0.05) is 157 Å². The highest BCUT2D eigenvalue weighted by atomic mass is 16.6. The molecule has 0 aliphatic rings. The van der Waals surface area contributed by atoms with Crippen LogP contribution in [0.15, 0.2) is 97.2 Å². The van der Waals surface area contributed by atoms with Crippen LogP contribution in [-0.2, 0) is 28.6 Å². The number of rotatable bonds is 39. The lowest BCUT2D eigenvalue weighted by Crippen LogP contribution is -2.30. The van der Waals surface area contributed by atoms with Crippen molar-refractivity contribution in [2.75, 3.05) is 13.2 Å². The molecule has 0 fully saturated rings. The van der Waals surface area contributed by atoms with E-state index in [1.54, 1.807) is 0 Å². The van der Waals surface area contributed by atoms with Crippen molar-refractivity contribution < 1.29 is 28.6 Å². The minimum absolute atomic E-state index is 0.115. The van der Waals surface area contributed by atoms with Gasteiger partial charge in [-0.05, 0) is 109 Å². The Morgan fingerprint density at radius 1 is 0.368 bits per heavy atom. The molecule has 6 nitrogen and oxygen atoms in total. The Balaban J connectivity index is 4.51. The number of carbonyl (C=O) groups excluding carboxylic acids is 3. The first kappa shape index (κ1) is 53.3. The van der Waals surface area contributed by atoms with E-state index in [1.165, 1.54) is 32.1 Å². The second-order valence-electron chi connectivity index (χ2n) is 14.5. The fourth-order valence-electron chi connectivity index (χ4n) is 5.68. The molecule has 0 aliphatic heterocycles. The molecule has 57 heavy (non-hydrogen) atoms. The first-order chi connectivity index (χ1) is 28.0. The average molecular weight is 791 g/mol. The van der Waals surface area contributed by atoms with E-state index < -0.39 is 6.10 Å². The molecule has 0 amide bonds. The van der Waals surface area contributed by atoms with Gasteiger partial charge in [0.2, 0.25) is 0 Å². The number of esters is 3. The molecular weight excluding hydrogens is 709 g/mol. The zero-order valence-corrected chi connectivity index (χ0v) is 36.6. The van der Waals surface area contributed by atoms with Crippen LogP contribution in [0.5, 0.6) is 0 Å². The van der Waals surface area contributed by atoms with E-state index in [9.17, 15) is 14.4 Å². The van der Waals surface area contributed by atoms with E-state index in [0.29, 0.717) is 19.3 Å². The van der Waals surface area contributed by atoms with Gasteiger partial charge in [-0.15, -0.1) is 0 Å². The topological polar surface area (TPSA) is 78.9 Å². The van der Waals surface area contributed by atoms with E-state index in [-0.39, 0.29) is 37.5 Å². The summed E-state index contributed by atoms with van der Waals surface area (Å²) in [6.45, 7) is 6.27. The van der Waals surface area contributed by atoms with Crippen LogP contribution in [0.2, 0.25) is 0 Å². The largest absolute Gasteiger partial charge is 0.462 e. The predicted octanol–water partition coefficient (Wildman–Crippen LogP) is 14.6. The highest BCUT2D eigenvalue weighted by Gasteiger charge is 2.19. The van der Waals surface area contributed by atoms with E-state index in [0.717, 1.165) is 109 Å². The zero-order chi connectivity index (χ0) is 41.5. The normalized spacial score (nSPS) is 13.0. The van der Waals surface area contributed by atoms with Crippen LogP contribution in [0.25, 0.3) is 0 Å². The molecule has 0 aromatic carbocycles. The minimum atomic E-state index is -0.813. The molecule has 322 valence electrons. The number of carbonyl (C=O) groups is 3. The molecule has 1 unspecified atom stereocenters. The van der Waals surface area contributed by atoms with Gasteiger partial charge in [0.1, 0.15) is 13.2 Å². The van der Waals surface area contributed by atoms with Crippen molar-refractivity contribution in [2.45, 2.75) is 194 Å². The molecule has 0 aliphatic carbocycles. The van der Waals surface area contributed by atoms with Crippen molar-refractivity contribution in [1.82, 2.24) is 0 Å². The number of allylic oxidation sites excluding steroid dienone is 16. The van der Waals surface area contributed by atoms with Crippen molar-refractivity contribution in [3.05, 3.63) is 97.2 Å². The fourth-order valence-corrected chi connectivity index (χ4v) is 5.68. The molecular formula is C51H82O6. The minimum Gasteiger partial charge on any atom is -0.462 e. The second-order valence-corrected chi connectivity index (χ2v) is 14.5. The van der Waals surface area contributed by atoms with Gasteiger partial charge in [0.25, 0.3) is 0 Å². The zero-order valence-electron chi connectivity index (χ0n) is 36.6. The molecule has 0 aromatic rings. The third kappa shape index (κ3) is 43.3. The van der Waals surface area contributed by atoms with Gasteiger partial charge >= 0.3 is 17.9 Å². The van der Waals surface area contributed by atoms with Crippen molar-refractivity contribution in [3.8, 4) is 0 Å². The maximum absolute atomic E-state index is 12.7. The summed E-state index contributed by atoms with van der Waals surface area (Å²) in [7, 11) is 0. The van der Waals surface area contributed by atoms with Gasteiger partial charge in [-0.3, -0.25) is 14.4 Å². The van der Waals surface area contributed by atoms with Gasteiger partial charge < -0.3 is 14.2 Å². The average Bonchev–Trinajstić information content (AvgIpc) is 3.21. The molecule has 0 spiro atoms. The lowest BCUT2D eigenvalue weighted by Gasteiger charge is -2.18. The van der Waals surface area contributed by atoms with Gasteiger partial charge in [0, 0.05) is 19.3 Å². The Morgan fingerprint density at radius 3 is 1.18 bits per heavy atom. The summed E-state index contributed by atoms with van der Waals surface area (Å²) in [5.41, 5.74) is 0. The first-order valence-electron chi connectivity index (χ1n) is 22.7. The number of hydrogen-bond acceptors (Lipinski definition) is 6.